The topological polar surface area (TPSA) is 110 Å². The molecule has 1 fully saturated rings. The second-order valence-electron chi connectivity index (χ2n) is 5.48. The zero-order valence-corrected chi connectivity index (χ0v) is 12.4. The number of carbonyl (C=O) groups excluding carboxylic acids is 1. The highest BCUT2D eigenvalue weighted by Gasteiger charge is 2.31. The van der Waals surface area contributed by atoms with Gasteiger partial charge in [0.25, 0.3) is 11.6 Å². The minimum atomic E-state index is -0.630. The standard InChI is InChI=1S/C13H17ClN4O3/c1-13(4-2-3-5-13)16-12(19)8-6-9(14)11(17-15)10(7-8)18(20)21/h6-7,17H,2-5,15H2,1H3,(H,16,19). The van der Waals surface area contributed by atoms with Gasteiger partial charge in [0, 0.05) is 17.2 Å². The summed E-state index contributed by atoms with van der Waals surface area (Å²) in [6.07, 6.45) is 3.93. The number of nitrogens with zero attached hydrogens (tertiary/aromatic N) is 1. The number of amides is 1. The minimum absolute atomic E-state index is 0.00899. The highest BCUT2D eigenvalue weighted by molar-refractivity contribution is 6.34. The van der Waals surface area contributed by atoms with Gasteiger partial charge in [-0.05, 0) is 25.8 Å². The van der Waals surface area contributed by atoms with Crippen LogP contribution < -0.4 is 16.6 Å². The number of rotatable bonds is 4. The molecule has 1 aromatic rings. The zero-order valence-electron chi connectivity index (χ0n) is 11.6. The first-order valence-corrected chi connectivity index (χ1v) is 7.01. The normalized spacial score (nSPS) is 16.5. The first kappa shape index (κ1) is 15.5. The quantitative estimate of drug-likeness (QED) is 0.449. The molecule has 4 N–H and O–H groups in total. The smallest absolute Gasteiger partial charge is 0.295 e. The molecule has 0 unspecified atom stereocenters. The Balaban J connectivity index is 2.31. The van der Waals surface area contributed by atoms with Gasteiger partial charge >= 0.3 is 0 Å². The molecule has 1 aliphatic carbocycles. The van der Waals surface area contributed by atoms with Crippen LogP contribution in [0.4, 0.5) is 11.4 Å². The van der Waals surface area contributed by atoms with Crippen molar-refractivity contribution in [2.24, 2.45) is 5.84 Å². The molecule has 21 heavy (non-hydrogen) atoms. The monoisotopic (exact) mass is 312 g/mol. The van der Waals surface area contributed by atoms with Gasteiger partial charge in [0.15, 0.2) is 0 Å². The Labute approximate surface area is 127 Å². The molecule has 1 saturated carbocycles. The van der Waals surface area contributed by atoms with Crippen LogP contribution in [0.15, 0.2) is 12.1 Å². The number of nitrogen functional groups attached to an aromatic ring is 1. The maximum atomic E-state index is 12.3. The fraction of sp³-hybridized carbons (Fsp3) is 0.462. The Morgan fingerprint density at radius 2 is 2.05 bits per heavy atom. The van der Waals surface area contributed by atoms with Crippen molar-refractivity contribution < 1.29 is 9.72 Å². The lowest BCUT2D eigenvalue weighted by atomic mass is 10.00. The molecular formula is C13H17ClN4O3. The van der Waals surface area contributed by atoms with E-state index >= 15 is 0 Å². The second kappa shape index (κ2) is 5.87. The Morgan fingerprint density at radius 3 is 2.57 bits per heavy atom. The molecule has 0 aliphatic heterocycles. The second-order valence-corrected chi connectivity index (χ2v) is 5.88. The van der Waals surface area contributed by atoms with E-state index in [0.717, 1.165) is 25.7 Å². The number of hydrogen-bond acceptors (Lipinski definition) is 5. The maximum absolute atomic E-state index is 12.3. The van der Waals surface area contributed by atoms with E-state index in [-0.39, 0.29) is 33.4 Å². The highest BCUT2D eigenvalue weighted by atomic mass is 35.5. The van der Waals surface area contributed by atoms with Crippen molar-refractivity contribution >= 4 is 28.9 Å². The molecule has 2 rings (SSSR count). The van der Waals surface area contributed by atoms with Crippen LogP contribution in [0, 0.1) is 10.1 Å². The summed E-state index contributed by atoms with van der Waals surface area (Å²) in [6, 6.07) is 2.55. The molecule has 0 radical (unpaired) electrons. The summed E-state index contributed by atoms with van der Waals surface area (Å²) in [6.45, 7) is 1.98. The largest absolute Gasteiger partial charge is 0.347 e. The van der Waals surface area contributed by atoms with Gasteiger partial charge in [-0.15, -0.1) is 0 Å². The van der Waals surface area contributed by atoms with E-state index < -0.39 is 4.92 Å². The third-order valence-corrected chi connectivity index (χ3v) is 4.09. The van der Waals surface area contributed by atoms with Crippen LogP contribution in [0.1, 0.15) is 43.0 Å². The van der Waals surface area contributed by atoms with E-state index in [4.69, 9.17) is 17.4 Å². The molecule has 1 amide bonds. The van der Waals surface area contributed by atoms with Crippen molar-refractivity contribution in [1.29, 1.82) is 0 Å². The molecule has 7 nitrogen and oxygen atoms in total. The molecular weight excluding hydrogens is 296 g/mol. The number of nitrogens with one attached hydrogen (secondary N) is 2. The molecule has 0 atom stereocenters. The fourth-order valence-electron chi connectivity index (χ4n) is 2.64. The van der Waals surface area contributed by atoms with Crippen molar-refractivity contribution in [3.05, 3.63) is 32.8 Å². The number of carbonyl (C=O) groups is 1. The van der Waals surface area contributed by atoms with E-state index in [1.54, 1.807) is 0 Å². The van der Waals surface area contributed by atoms with Gasteiger partial charge in [0.1, 0.15) is 5.69 Å². The molecule has 0 bridgehead atoms. The summed E-state index contributed by atoms with van der Waals surface area (Å²) in [4.78, 5) is 22.7. The van der Waals surface area contributed by atoms with Crippen LogP contribution in [0.25, 0.3) is 0 Å². The molecule has 0 spiro atoms. The fourth-order valence-corrected chi connectivity index (χ4v) is 2.91. The maximum Gasteiger partial charge on any atom is 0.295 e. The first-order valence-electron chi connectivity index (χ1n) is 6.63. The van der Waals surface area contributed by atoms with Gasteiger partial charge in [0.05, 0.1) is 9.95 Å². The average Bonchev–Trinajstić information content (AvgIpc) is 2.84. The lowest BCUT2D eigenvalue weighted by Crippen LogP contribution is -2.43. The minimum Gasteiger partial charge on any atom is -0.347 e. The van der Waals surface area contributed by atoms with Crippen LogP contribution in [0.3, 0.4) is 0 Å². The lowest BCUT2D eigenvalue weighted by molar-refractivity contribution is -0.384. The van der Waals surface area contributed by atoms with Crippen LogP contribution in [0.2, 0.25) is 5.02 Å². The van der Waals surface area contributed by atoms with Gasteiger partial charge < -0.3 is 10.7 Å². The lowest BCUT2D eigenvalue weighted by Gasteiger charge is -2.25. The summed E-state index contributed by atoms with van der Waals surface area (Å²) < 4.78 is 0. The summed E-state index contributed by atoms with van der Waals surface area (Å²) in [5, 5.41) is 14.0. The number of nitrogens with two attached hydrogens (primary N) is 1. The number of nitro groups is 1. The van der Waals surface area contributed by atoms with E-state index in [1.165, 1.54) is 12.1 Å². The van der Waals surface area contributed by atoms with E-state index in [0.29, 0.717) is 0 Å². The van der Waals surface area contributed by atoms with Gasteiger partial charge in [-0.25, -0.2) is 0 Å². The number of halogens is 1. The molecule has 0 aromatic heterocycles. The van der Waals surface area contributed by atoms with Crippen LogP contribution in [-0.2, 0) is 0 Å². The van der Waals surface area contributed by atoms with Crippen molar-refractivity contribution in [3.8, 4) is 0 Å². The molecule has 1 aliphatic rings. The van der Waals surface area contributed by atoms with Gasteiger partial charge in [-0.2, -0.15) is 0 Å². The number of hydrazine groups is 1. The molecule has 114 valence electrons. The van der Waals surface area contributed by atoms with Gasteiger partial charge in [0.2, 0.25) is 0 Å². The summed E-state index contributed by atoms with van der Waals surface area (Å²) >= 11 is 5.95. The Bertz CT molecular complexity index is 585. The van der Waals surface area contributed by atoms with E-state index in [1.807, 2.05) is 6.92 Å². The van der Waals surface area contributed by atoms with Crippen molar-refractivity contribution in [3.63, 3.8) is 0 Å². The highest BCUT2D eigenvalue weighted by Crippen LogP contribution is 2.34. The number of benzene rings is 1. The van der Waals surface area contributed by atoms with Crippen LogP contribution >= 0.6 is 11.6 Å². The number of anilines is 1. The molecule has 8 heteroatoms. The SMILES string of the molecule is CC1(NC(=O)c2cc(Cl)c(NN)c([N+](=O)[O-])c2)CCCC1. The van der Waals surface area contributed by atoms with Crippen molar-refractivity contribution in [2.75, 3.05) is 5.43 Å². The summed E-state index contributed by atoms with van der Waals surface area (Å²) in [5.41, 5.74) is 1.74. The number of nitro benzene ring substituents is 1. The molecule has 0 heterocycles. The van der Waals surface area contributed by atoms with E-state index in [2.05, 4.69) is 10.7 Å². The summed E-state index contributed by atoms with van der Waals surface area (Å²) in [7, 11) is 0. The predicted molar refractivity (Wildman–Crippen MR) is 80.3 cm³/mol. The van der Waals surface area contributed by atoms with Gasteiger partial charge in [-0.1, -0.05) is 24.4 Å². The predicted octanol–water partition coefficient (Wildman–Crippen LogP) is 2.60. The van der Waals surface area contributed by atoms with Crippen LogP contribution in [0.5, 0.6) is 0 Å². The Morgan fingerprint density at radius 1 is 1.43 bits per heavy atom. The third kappa shape index (κ3) is 3.25. The Hall–Kier alpha value is -1.86. The van der Waals surface area contributed by atoms with Gasteiger partial charge in [-0.3, -0.25) is 20.8 Å². The van der Waals surface area contributed by atoms with Crippen molar-refractivity contribution in [1.82, 2.24) is 5.32 Å². The third-order valence-electron chi connectivity index (χ3n) is 3.80. The summed E-state index contributed by atoms with van der Waals surface area (Å²) in [5.74, 6) is 4.86. The molecule has 1 aromatic carbocycles. The Kier molecular flexibility index (Phi) is 4.34. The number of hydrogen-bond donors (Lipinski definition) is 3. The molecule has 0 saturated heterocycles. The van der Waals surface area contributed by atoms with E-state index in [9.17, 15) is 14.9 Å². The van der Waals surface area contributed by atoms with Crippen molar-refractivity contribution in [2.45, 2.75) is 38.1 Å². The zero-order chi connectivity index (χ0) is 15.6. The average molecular weight is 313 g/mol. The van der Waals surface area contributed by atoms with Crippen LogP contribution in [-0.4, -0.2) is 16.4 Å². The first-order chi connectivity index (χ1) is 9.86.